The Morgan fingerprint density at radius 3 is 2.38 bits per heavy atom. The third-order valence-corrected chi connectivity index (χ3v) is 2.97. The summed E-state index contributed by atoms with van der Waals surface area (Å²) in [5.41, 5.74) is -0.315. The van der Waals surface area contributed by atoms with Gasteiger partial charge < -0.3 is 10.1 Å². The number of carbonyl (C=O) groups excluding carboxylic acids is 2. The molecule has 4 nitrogen and oxygen atoms in total. The maximum absolute atomic E-state index is 11.9. The lowest BCUT2D eigenvalue weighted by Gasteiger charge is -2.26. The summed E-state index contributed by atoms with van der Waals surface area (Å²) in [6.07, 6.45) is 2.89. The molecule has 0 aliphatic heterocycles. The van der Waals surface area contributed by atoms with Crippen LogP contribution in [0.4, 0.5) is 0 Å². The Morgan fingerprint density at radius 1 is 1.31 bits per heavy atom. The number of carbonyl (C=O) groups is 2. The number of ether oxygens (including phenoxy) is 1. The van der Waals surface area contributed by atoms with Gasteiger partial charge in [-0.2, -0.15) is 0 Å². The van der Waals surface area contributed by atoms with Gasteiger partial charge in [-0.3, -0.25) is 9.59 Å². The molecule has 94 valence electrons. The first-order valence-electron chi connectivity index (χ1n) is 5.85. The number of hydrogen-bond acceptors (Lipinski definition) is 3. The minimum absolute atomic E-state index is 0.0285. The van der Waals surface area contributed by atoms with Crippen LogP contribution < -0.4 is 5.32 Å². The van der Waals surface area contributed by atoms with Crippen LogP contribution in [0.25, 0.3) is 0 Å². The zero-order valence-corrected chi connectivity index (χ0v) is 10.8. The van der Waals surface area contributed by atoms with Gasteiger partial charge in [0.15, 0.2) is 0 Å². The summed E-state index contributed by atoms with van der Waals surface area (Å²) in [4.78, 5) is 22.8. The molecule has 1 N–H and O–H groups in total. The lowest BCUT2D eigenvalue weighted by atomic mass is 9.82. The fourth-order valence-corrected chi connectivity index (χ4v) is 1.60. The largest absolute Gasteiger partial charge is 0.469 e. The molecular formula is C12H23NO3. The summed E-state index contributed by atoms with van der Waals surface area (Å²) in [7, 11) is 1.34. The lowest BCUT2D eigenvalue weighted by Crippen LogP contribution is -2.39. The van der Waals surface area contributed by atoms with Crippen LogP contribution in [-0.4, -0.2) is 25.5 Å². The number of nitrogens with one attached hydrogen (secondary N) is 1. The first kappa shape index (κ1) is 14.9. The number of amides is 1. The first-order valence-corrected chi connectivity index (χ1v) is 5.85. The fraction of sp³-hybridized carbons (Fsp3) is 0.833. The first-order chi connectivity index (χ1) is 7.50. The molecule has 0 aliphatic carbocycles. The van der Waals surface area contributed by atoms with Crippen molar-refractivity contribution >= 4 is 11.9 Å². The van der Waals surface area contributed by atoms with Crippen molar-refractivity contribution < 1.29 is 14.3 Å². The average molecular weight is 229 g/mol. The quantitative estimate of drug-likeness (QED) is 0.678. The van der Waals surface area contributed by atoms with Crippen LogP contribution in [-0.2, 0) is 14.3 Å². The van der Waals surface area contributed by atoms with E-state index in [0.717, 1.165) is 19.3 Å². The summed E-state index contributed by atoms with van der Waals surface area (Å²) in [6.45, 7) is 6.39. The molecule has 0 saturated carbocycles. The van der Waals surface area contributed by atoms with Crippen LogP contribution >= 0.6 is 0 Å². The standard InChI is InChI=1S/C12H23NO3/c1-5-8-12(3,6-2)11(15)13-9-7-10(14)16-4/h5-9H2,1-4H3,(H,13,15). The summed E-state index contributed by atoms with van der Waals surface area (Å²) < 4.78 is 4.50. The minimum Gasteiger partial charge on any atom is -0.469 e. The SMILES string of the molecule is CCCC(C)(CC)C(=O)NCCC(=O)OC. The summed E-state index contributed by atoms with van der Waals surface area (Å²) in [5, 5.41) is 2.78. The molecule has 1 unspecified atom stereocenters. The van der Waals surface area contributed by atoms with E-state index in [1.807, 2.05) is 13.8 Å². The van der Waals surface area contributed by atoms with E-state index in [9.17, 15) is 9.59 Å². The van der Waals surface area contributed by atoms with Gasteiger partial charge in [0.1, 0.15) is 0 Å². The Kier molecular flexibility index (Phi) is 6.77. The van der Waals surface area contributed by atoms with Gasteiger partial charge >= 0.3 is 5.97 Å². The summed E-state index contributed by atoms with van der Waals surface area (Å²) >= 11 is 0. The number of esters is 1. The van der Waals surface area contributed by atoms with E-state index in [-0.39, 0.29) is 23.7 Å². The van der Waals surface area contributed by atoms with Gasteiger partial charge in [0.2, 0.25) is 5.91 Å². The van der Waals surface area contributed by atoms with Gasteiger partial charge in [0.05, 0.1) is 13.5 Å². The number of rotatable bonds is 7. The van der Waals surface area contributed by atoms with Gasteiger partial charge in [-0.05, 0) is 12.8 Å². The minimum atomic E-state index is -0.315. The van der Waals surface area contributed by atoms with Gasteiger partial charge in [-0.25, -0.2) is 0 Å². The molecule has 0 aromatic carbocycles. The maximum atomic E-state index is 11.9. The van der Waals surface area contributed by atoms with E-state index in [0.29, 0.717) is 6.54 Å². The fourth-order valence-electron chi connectivity index (χ4n) is 1.60. The second kappa shape index (κ2) is 7.25. The predicted octanol–water partition coefficient (Wildman–Crippen LogP) is 1.88. The predicted molar refractivity (Wildman–Crippen MR) is 62.9 cm³/mol. The average Bonchev–Trinajstić information content (AvgIpc) is 2.28. The van der Waals surface area contributed by atoms with Crippen LogP contribution in [0.2, 0.25) is 0 Å². The Balaban J connectivity index is 4.07. The number of methoxy groups -OCH3 is 1. The van der Waals surface area contributed by atoms with E-state index in [1.165, 1.54) is 7.11 Å². The molecule has 4 heteroatoms. The van der Waals surface area contributed by atoms with Gasteiger partial charge in [0, 0.05) is 12.0 Å². The van der Waals surface area contributed by atoms with Crippen molar-refractivity contribution in [1.82, 2.24) is 5.32 Å². The topological polar surface area (TPSA) is 55.4 Å². The Hall–Kier alpha value is -1.06. The molecule has 1 atom stereocenters. The highest BCUT2D eigenvalue weighted by molar-refractivity contribution is 5.82. The zero-order valence-electron chi connectivity index (χ0n) is 10.8. The van der Waals surface area contributed by atoms with Crippen molar-refractivity contribution in [2.45, 2.75) is 46.5 Å². The monoisotopic (exact) mass is 229 g/mol. The molecule has 0 spiro atoms. The molecule has 0 rings (SSSR count). The third kappa shape index (κ3) is 4.64. The van der Waals surface area contributed by atoms with Crippen LogP contribution in [0.3, 0.4) is 0 Å². The Bertz CT molecular complexity index is 240. The molecule has 0 bridgehead atoms. The molecule has 0 radical (unpaired) electrons. The van der Waals surface area contributed by atoms with Crippen LogP contribution in [0.5, 0.6) is 0 Å². The molecular weight excluding hydrogens is 206 g/mol. The second-order valence-corrected chi connectivity index (χ2v) is 4.25. The molecule has 0 aromatic heterocycles. The van der Waals surface area contributed by atoms with Crippen molar-refractivity contribution in [2.24, 2.45) is 5.41 Å². The van der Waals surface area contributed by atoms with Gasteiger partial charge in [-0.1, -0.05) is 27.2 Å². The molecule has 0 saturated heterocycles. The molecule has 1 amide bonds. The van der Waals surface area contributed by atoms with Crippen molar-refractivity contribution in [3.05, 3.63) is 0 Å². The zero-order chi connectivity index (χ0) is 12.6. The van der Waals surface area contributed by atoms with Crippen LogP contribution in [0, 0.1) is 5.41 Å². The van der Waals surface area contributed by atoms with Crippen molar-refractivity contribution in [3.63, 3.8) is 0 Å². The van der Waals surface area contributed by atoms with Gasteiger partial charge in [0.25, 0.3) is 0 Å². The van der Waals surface area contributed by atoms with Crippen molar-refractivity contribution in [2.75, 3.05) is 13.7 Å². The van der Waals surface area contributed by atoms with E-state index in [4.69, 9.17) is 0 Å². The summed E-state index contributed by atoms with van der Waals surface area (Å²) in [6, 6.07) is 0. The van der Waals surface area contributed by atoms with E-state index in [2.05, 4.69) is 17.0 Å². The highest BCUT2D eigenvalue weighted by Gasteiger charge is 2.29. The lowest BCUT2D eigenvalue weighted by molar-refractivity contribution is -0.140. The van der Waals surface area contributed by atoms with Crippen molar-refractivity contribution in [1.29, 1.82) is 0 Å². The summed E-state index contributed by atoms with van der Waals surface area (Å²) in [5.74, 6) is -0.269. The number of hydrogen-bond donors (Lipinski definition) is 1. The molecule has 0 fully saturated rings. The Labute approximate surface area is 97.7 Å². The van der Waals surface area contributed by atoms with E-state index >= 15 is 0 Å². The van der Waals surface area contributed by atoms with Crippen LogP contribution in [0.15, 0.2) is 0 Å². The molecule has 0 heterocycles. The highest BCUT2D eigenvalue weighted by Crippen LogP contribution is 2.27. The van der Waals surface area contributed by atoms with E-state index < -0.39 is 0 Å². The normalized spacial score (nSPS) is 14.0. The molecule has 0 aromatic rings. The second-order valence-electron chi connectivity index (χ2n) is 4.25. The molecule has 16 heavy (non-hydrogen) atoms. The smallest absolute Gasteiger partial charge is 0.307 e. The third-order valence-electron chi connectivity index (χ3n) is 2.97. The van der Waals surface area contributed by atoms with E-state index in [1.54, 1.807) is 0 Å². The highest BCUT2D eigenvalue weighted by atomic mass is 16.5. The molecule has 0 aliphatic rings. The van der Waals surface area contributed by atoms with Crippen LogP contribution in [0.1, 0.15) is 46.5 Å². The maximum Gasteiger partial charge on any atom is 0.307 e. The Morgan fingerprint density at radius 2 is 1.94 bits per heavy atom. The van der Waals surface area contributed by atoms with Crippen molar-refractivity contribution in [3.8, 4) is 0 Å². The van der Waals surface area contributed by atoms with Gasteiger partial charge in [-0.15, -0.1) is 0 Å².